The van der Waals surface area contributed by atoms with Crippen LogP contribution in [0.3, 0.4) is 0 Å². The van der Waals surface area contributed by atoms with E-state index < -0.39 is 0 Å². The van der Waals surface area contributed by atoms with Gasteiger partial charge < -0.3 is 5.32 Å². The van der Waals surface area contributed by atoms with E-state index >= 15 is 0 Å². The molecule has 0 bridgehead atoms. The SMILES string of the molecule is C=CC.CC.CNc1nc(C)nc(-n2c3ccccc3c3ccccc32)n1. The van der Waals surface area contributed by atoms with Gasteiger partial charge in [-0.05, 0) is 26.0 Å². The molecule has 0 saturated heterocycles. The molecule has 4 aromatic rings. The Morgan fingerprint density at radius 3 is 1.85 bits per heavy atom. The van der Waals surface area contributed by atoms with Gasteiger partial charge in [0.2, 0.25) is 11.9 Å². The summed E-state index contributed by atoms with van der Waals surface area (Å²) in [6.45, 7) is 11.1. The summed E-state index contributed by atoms with van der Waals surface area (Å²) in [4.78, 5) is 13.3. The van der Waals surface area contributed by atoms with Crippen molar-refractivity contribution >= 4 is 27.8 Å². The topological polar surface area (TPSA) is 55.6 Å². The summed E-state index contributed by atoms with van der Waals surface area (Å²) in [6, 6.07) is 16.6. The number of allylic oxidation sites excluding steroid dienone is 1. The van der Waals surface area contributed by atoms with E-state index in [1.807, 2.05) is 46.9 Å². The van der Waals surface area contributed by atoms with Gasteiger partial charge in [-0.15, -0.1) is 6.58 Å². The molecule has 5 heteroatoms. The number of nitrogens with zero attached hydrogens (tertiary/aromatic N) is 4. The van der Waals surface area contributed by atoms with Crippen molar-refractivity contribution in [1.82, 2.24) is 19.5 Å². The second-order valence-electron chi connectivity index (χ2n) is 5.53. The first-order chi connectivity index (χ1) is 13.2. The zero-order chi connectivity index (χ0) is 19.8. The van der Waals surface area contributed by atoms with Crippen molar-refractivity contribution < 1.29 is 0 Å². The molecule has 2 heterocycles. The molecular formula is C22H27N5. The van der Waals surface area contributed by atoms with Crippen LogP contribution < -0.4 is 5.32 Å². The molecule has 27 heavy (non-hydrogen) atoms. The second-order valence-corrected chi connectivity index (χ2v) is 5.53. The lowest BCUT2D eigenvalue weighted by Gasteiger charge is -2.08. The first-order valence-corrected chi connectivity index (χ1v) is 9.15. The number of aryl methyl sites for hydroxylation is 1. The molecule has 0 aliphatic heterocycles. The number of rotatable bonds is 2. The van der Waals surface area contributed by atoms with Crippen LogP contribution in [0.25, 0.3) is 27.8 Å². The molecule has 0 aliphatic rings. The predicted molar refractivity (Wildman–Crippen MR) is 116 cm³/mol. The standard InChI is InChI=1S/C17H15N5.C3H6.C2H6/c1-11-19-16(18-2)21-17(20-11)22-14-9-5-3-7-12(14)13-8-4-6-10-15(13)22;1-3-2;1-2/h3-10H,1-2H3,(H,18,19,20,21);3H,1H2,2H3;1-2H3. The van der Waals surface area contributed by atoms with Crippen LogP contribution in [0.15, 0.2) is 61.2 Å². The molecular weight excluding hydrogens is 334 g/mol. The van der Waals surface area contributed by atoms with E-state index in [2.05, 4.69) is 67.8 Å². The third kappa shape index (κ3) is 4.14. The maximum absolute atomic E-state index is 4.53. The molecule has 0 aliphatic carbocycles. The van der Waals surface area contributed by atoms with E-state index in [-0.39, 0.29) is 0 Å². The van der Waals surface area contributed by atoms with Gasteiger partial charge in [0.15, 0.2) is 0 Å². The van der Waals surface area contributed by atoms with Crippen molar-refractivity contribution in [3.05, 3.63) is 67.0 Å². The van der Waals surface area contributed by atoms with E-state index in [9.17, 15) is 0 Å². The van der Waals surface area contributed by atoms with Crippen molar-refractivity contribution in [3.8, 4) is 5.95 Å². The molecule has 0 amide bonds. The monoisotopic (exact) mass is 361 g/mol. The number of benzene rings is 2. The Hall–Kier alpha value is -3.21. The summed E-state index contributed by atoms with van der Waals surface area (Å²) < 4.78 is 2.08. The Morgan fingerprint density at radius 2 is 1.37 bits per heavy atom. The van der Waals surface area contributed by atoms with Gasteiger partial charge in [0, 0.05) is 17.8 Å². The number of anilines is 1. The number of hydrogen-bond acceptors (Lipinski definition) is 4. The van der Waals surface area contributed by atoms with Crippen LogP contribution in [0.5, 0.6) is 0 Å². The maximum atomic E-state index is 4.53. The molecule has 0 fully saturated rings. The van der Waals surface area contributed by atoms with Crippen LogP contribution in [0.1, 0.15) is 26.6 Å². The minimum atomic E-state index is 0.573. The lowest BCUT2D eigenvalue weighted by Crippen LogP contribution is -2.07. The molecule has 1 N–H and O–H groups in total. The molecule has 0 unspecified atom stereocenters. The highest BCUT2D eigenvalue weighted by molar-refractivity contribution is 6.08. The number of para-hydroxylation sites is 2. The van der Waals surface area contributed by atoms with E-state index in [4.69, 9.17) is 0 Å². The Morgan fingerprint density at radius 1 is 0.889 bits per heavy atom. The number of fused-ring (bicyclic) bond motifs is 3. The van der Waals surface area contributed by atoms with E-state index in [1.165, 1.54) is 10.8 Å². The van der Waals surface area contributed by atoms with Gasteiger partial charge in [-0.2, -0.15) is 15.0 Å². The molecule has 2 aromatic carbocycles. The summed E-state index contributed by atoms with van der Waals surface area (Å²) in [7, 11) is 1.81. The maximum Gasteiger partial charge on any atom is 0.239 e. The van der Waals surface area contributed by atoms with Gasteiger partial charge in [0.25, 0.3) is 0 Å². The zero-order valence-corrected chi connectivity index (χ0v) is 16.7. The van der Waals surface area contributed by atoms with Crippen molar-refractivity contribution in [2.75, 3.05) is 12.4 Å². The fourth-order valence-corrected chi connectivity index (χ4v) is 2.82. The average molecular weight is 361 g/mol. The van der Waals surface area contributed by atoms with Crippen LogP contribution in [0.4, 0.5) is 5.95 Å². The fraction of sp³-hybridized carbons (Fsp3) is 0.227. The second kappa shape index (κ2) is 9.48. The van der Waals surface area contributed by atoms with Gasteiger partial charge in [-0.1, -0.05) is 56.3 Å². The largest absolute Gasteiger partial charge is 0.357 e. The lowest BCUT2D eigenvalue weighted by molar-refractivity contribution is 0.904. The van der Waals surface area contributed by atoms with Gasteiger partial charge in [-0.3, -0.25) is 4.57 Å². The molecule has 0 atom stereocenters. The van der Waals surface area contributed by atoms with E-state index in [1.54, 1.807) is 6.08 Å². The zero-order valence-electron chi connectivity index (χ0n) is 16.7. The number of nitrogens with one attached hydrogen (secondary N) is 1. The summed E-state index contributed by atoms with van der Waals surface area (Å²) >= 11 is 0. The first kappa shape index (κ1) is 20.1. The molecule has 4 rings (SSSR count). The smallest absolute Gasteiger partial charge is 0.239 e. The quantitative estimate of drug-likeness (QED) is 0.476. The van der Waals surface area contributed by atoms with Crippen molar-refractivity contribution in [2.45, 2.75) is 27.7 Å². The third-order valence-corrected chi connectivity index (χ3v) is 3.74. The van der Waals surface area contributed by atoms with E-state index in [0.717, 1.165) is 11.0 Å². The first-order valence-electron chi connectivity index (χ1n) is 9.15. The van der Waals surface area contributed by atoms with Crippen LogP contribution in [0.2, 0.25) is 0 Å². The minimum Gasteiger partial charge on any atom is -0.357 e. The van der Waals surface area contributed by atoms with Gasteiger partial charge in [0.1, 0.15) is 5.82 Å². The molecule has 140 valence electrons. The normalized spacial score (nSPS) is 9.81. The minimum absolute atomic E-state index is 0.573. The Labute approximate surface area is 160 Å². The third-order valence-electron chi connectivity index (χ3n) is 3.74. The lowest BCUT2D eigenvalue weighted by atomic mass is 10.2. The highest BCUT2D eigenvalue weighted by atomic mass is 15.2. The van der Waals surface area contributed by atoms with E-state index in [0.29, 0.717) is 17.7 Å². The number of aromatic nitrogens is 4. The van der Waals surface area contributed by atoms with Gasteiger partial charge in [0.05, 0.1) is 11.0 Å². The molecule has 0 saturated carbocycles. The summed E-state index contributed by atoms with van der Waals surface area (Å²) in [5.41, 5.74) is 2.19. The van der Waals surface area contributed by atoms with Crippen LogP contribution in [-0.4, -0.2) is 26.6 Å². The van der Waals surface area contributed by atoms with Crippen LogP contribution in [0, 0.1) is 6.92 Å². The summed E-state index contributed by atoms with van der Waals surface area (Å²) in [6.07, 6.45) is 1.75. The molecule has 2 aromatic heterocycles. The highest BCUT2D eigenvalue weighted by Gasteiger charge is 2.14. The Balaban J connectivity index is 0.000000478. The highest BCUT2D eigenvalue weighted by Crippen LogP contribution is 2.30. The molecule has 0 spiro atoms. The summed E-state index contributed by atoms with van der Waals surface area (Å²) in [5, 5.41) is 5.38. The number of hydrogen-bond donors (Lipinski definition) is 1. The van der Waals surface area contributed by atoms with Crippen molar-refractivity contribution in [3.63, 3.8) is 0 Å². The summed E-state index contributed by atoms with van der Waals surface area (Å²) in [5.74, 6) is 1.90. The van der Waals surface area contributed by atoms with Crippen molar-refractivity contribution in [2.24, 2.45) is 0 Å². The molecule has 0 radical (unpaired) electrons. The van der Waals surface area contributed by atoms with Gasteiger partial charge >= 0.3 is 0 Å². The molecule has 5 nitrogen and oxygen atoms in total. The van der Waals surface area contributed by atoms with Gasteiger partial charge in [-0.25, -0.2) is 0 Å². The Kier molecular flexibility index (Phi) is 7.06. The fourth-order valence-electron chi connectivity index (χ4n) is 2.82. The van der Waals surface area contributed by atoms with Crippen molar-refractivity contribution in [1.29, 1.82) is 0 Å². The van der Waals surface area contributed by atoms with Crippen LogP contribution in [-0.2, 0) is 0 Å². The average Bonchev–Trinajstić information content (AvgIpc) is 3.04. The predicted octanol–water partition coefficient (Wildman–Crippen LogP) is 5.54. The Bertz CT molecular complexity index is 980. The van der Waals surface area contributed by atoms with Crippen LogP contribution >= 0.6 is 0 Å².